The van der Waals surface area contributed by atoms with Gasteiger partial charge in [0.15, 0.2) is 11.9 Å². The quantitative estimate of drug-likeness (QED) is 0.0508. The third-order valence-corrected chi connectivity index (χ3v) is 10.5. The van der Waals surface area contributed by atoms with Gasteiger partial charge in [-0.05, 0) is 61.3 Å². The molecule has 0 aromatic heterocycles. The minimum Gasteiger partial charge on any atom is -0.480 e. The van der Waals surface area contributed by atoms with Gasteiger partial charge in [0.1, 0.15) is 24.2 Å². The first kappa shape index (κ1) is 37.1. The Labute approximate surface area is 284 Å². The Bertz CT molecular complexity index is 1380. The first-order valence-corrected chi connectivity index (χ1v) is 16.6. The molecule has 4 rings (SSSR count). The van der Waals surface area contributed by atoms with Crippen LogP contribution in [0.15, 0.2) is 9.98 Å². The number of piperidine rings is 2. The van der Waals surface area contributed by atoms with Crippen LogP contribution in [0.4, 0.5) is 0 Å². The molecular weight excluding hydrogens is 640 g/mol. The number of guanidine groups is 2. The number of nitrogens with two attached hydrogens (primary N) is 5. The summed E-state index contributed by atoms with van der Waals surface area (Å²) in [4.78, 5) is 87.5. The standard InChI is InChI=1S/C30H50N12O7/c1-4-11(2)21(28(48)49)41-24(44)12(3)39-25(45)17(5-6-18(31)43)40-26(46)23-20-15(9-38-30(34)35)16(20)10-42(23)27(47)22-19-13(7-36-22)14(19)8-37-29(32)33/h11-17,19-23,36H,4-10H2,1-3H3,(H2,31,43)(H,39,45)(H,40,46)(H,41,44)(H,48,49)(H4,32,33,37)(H4,34,35,38)/t11-,12-,13+,14+,15+,16+,17-,19+,20-,21-,22-,23-/m0/s1. The number of carboxylic acids is 1. The Kier molecular flexibility index (Phi) is 11.6. The first-order valence-electron chi connectivity index (χ1n) is 16.6. The summed E-state index contributed by atoms with van der Waals surface area (Å²) in [6.07, 6.45) is 0.0520. The lowest BCUT2D eigenvalue weighted by Gasteiger charge is -2.32. The minimum atomic E-state index is -1.30. The Hall–Kier alpha value is -4.68. The Balaban J connectivity index is 1.49. The average Bonchev–Trinajstić information content (AvgIpc) is 3.77. The molecule has 0 radical (unpaired) electrons. The fraction of sp³-hybridized carbons (Fsp3) is 0.733. The molecule has 49 heavy (non-hydrogen) atoms. The zero-order valence-corrected chi connectivity index (χ0v) is 28.0. The van der Waals surface area contributed by atoms with Crippen LogP contribution in [0.3, 0.4) is 0 Å². The van der Waals surface area contributed by atoms with Crippen LogP contribution >= 0.6 is 0 Å². The molecule has 12 atom stereocenters. The number of hydrogen-bond donors (Lipinski definition) is 10. The van der Waals surface area contributed by atoms with Crippen LogP contribution < -0.4 is 49.9 Å². The second-order valence-corrected chi connectivity index (χ2v) is 13.7. The molecule has 0 aromatic rings. The molecule has 0 bridgehead atoms. The highest BCUT2D eigenvalue weighted by atomic mass is 16.4. The van der Waals surface area contributed by atoms with Gasteiger partial charge in [0.2, 0.25) is 29.5 Å². The van der Waals surface area contributed by atoms with Gasteiger partial charge in [-0.1, -0.05) is 20.3 Å². The van der Waals surface area contributed by atoms with Crippen molar-refractivity contribution >= 4 is 47.4 Å². The van der Waals surface area contributed by atoms with E-state index in [-0.39, 0.29) is 85.2 Å². The van der Waals surface area contributed by atoms with Gasteiger partial charge in [-0.25, -0.2) is 4.79 Å². The van der Waals surface area contributed by atoms with E-state index in [2.05, 4.69) is 31.3 Å². The van der Waals surface area contributed by atoms with Crippen LogP contribution in [0.1, 0.15) is 40.0 Å². The molecule has 0 aromatic carbocycles. The number of nitrogens with zero attached hydrogens (tertiary/aromatic N) is 3. The van der Waals surface area contributed by atoms with Crippen LogP contribution in [0, 0.1) is 41.4 Å². The van der Waals surface area contributed by atoms with E-state index in [4.69, 9.17) is 28.7 Å². The summed E-state index contributed by atoms with van der Waals surface area (Å²) in [5.41, 5.74) is 27.4. The molecule has 19 nitrogen and oxygen atoms in total. The normalized spacial score (nSPS) is 29.9. The van der Waals surface area contributed by atoms with Gasteiger partial charge in [0.05, 0.1) is 6.04 Å². The molecule has 272 valence electrons. The average molecular weight is 691 g/mol. The van der Waals surface area contributed by atoms with Gasteiger partial charge in [0.25, 0.3) is 0 Å². The fourth-order valence-electron chi connectivity index (χ4n) is 7.47. The molecule has 19 heteroatoms. The number of carbonyl (C=O) groups excluding carboxylic acids is 5. The smallest absolute Gasteiger partial charge is 0.326 e. The molecule has 2 aliphatic heterocycles. The maximum absolute atomic E-state index is 14.0. The molecule has 15 N–H and O–H groups in total. The van der Waals surface area contributed by atoms with Crippen molar-refractivity contribution < 1.29 is 33.9 Å². The Morgan fingerprint density at radius 2 is 1.49 bits per heavy atom. The van der Waals surface area contributed by atoms with Crippen molar-refractivity contribution in [3.8, 4) is 0 Å². The summed E-state index contributed by atoms with van der Waals surface area (Å²) in [6.45, 7) is 6.41. The van der Waals surface area contributed by atoms with E-state index in [9.17, 15) is 33.9 Å². The number of aliphatic imine (C=N–C) groups is 2. The van der Waals surface area contributed by atoms with E-state index < -0.39 is 59.8 Å². The molecule has 5 amide bonds. The monoisotopic (exact) mass is 690 g/mol. The lowest BCUT2D eigenvalue weighted by Crippen LogP contribution is -2.59. The van der Waals surface area contributed by atoms with Gasteiger partial charge in [-0.2, -0.15) is 0 Å². The number of fused-ring (bicyclic) bond motifs is 2. The molecule has 4 aliphatic rings. The van der Waals surface area contributed by atoms with Gasteiger partial charge < -0.3 is 59.9 Å². The Morgan fingerprint density at radius 1 is 0.878 bits per heavy atom. The molecule has 0 unspecified atom stereocenters. The van der Waals surface area contributed by atoms with Crippen molar-refractivity contribution in [3.05, 3.63) is 0 Å². The van der Waals surface area contributed by atoms with Gasteiger partial charge in [-0.3, -0.25) is 34.0 Å². The van der Waals surface area contributed by atoms with E-state index in [1.54, 1.807) is 13.8 Å². The van der Waals surface area contributed by atoms with Crippen LogP contribution in [-0.2, 0) is 28.8 Å². The Morgan fingerprint density at radius 3 is 2.04 bits per heavy atom. The number of amides is 5. The highest BCUT2D eigenvalue weighted by Gasteiger charge is 2.67. The van der Waals surface area contributed by atoms with E-state index in [0.717, 1.165) is 0 Å². The maximum atomic E-state index is 14.0. The van der Waals surface area contributed by atoms with Crippen LogP contribution in [0.25, 0.3) is 0 Å². The molecule has 2 saturated carbocycles. The van der Waals surface area contributed by atoms with Crippen LogP contribution in [0.5, 0.6) is 0 Å². The maximum Gasteiger partial charge on any atom is 0.326 e. The van der Waals surface area contributed by atoms with Crippen LogP contribution in [0.2, 0.25) is 0 Å². The first-order chi connectivity index (χ1) is 23.1. The summed E-state index contributed by atoms with van der Waals surface area (Å²) in [5.74, 6) is -4.83. The van der Waals surface area contributed by atoms with E-state index in [1.807, 2.05) is 0 Å². The third-order valence-electron chi connectivity index (χ3n) is 10.5. The largest absolute Gasteiger partial charge is 0.480 e. The zero-order chi connectivity index (χ0) is 36.3. The number of carboxylic acid groups (broad SMARTS) is 1. The summed E-state index contributed by atoms with van der Waals surface area (Å²) in [6, 6.07) is -5.14. The minimum absolute atomic E-state index is 0.0106. The van der Waals surface area contributed by atoms with Crippen molar-refractivity contribution in [2.75, 3.05) is 26.2 Å². The number of nitrogens with one attached hydrogen (secondary N) is 4. The molecule has 0 spiro atoms. The van der Waals surface area contributed by atoms with Crippen molar-refractivity contribution in [1.29, 1.82) is 0 Å². The van der Waals surface area contributed by atoms with Gasteiger partial charge >= 0.3 is 5.97 Å². The summed E-state index contributed by atoms with van der Waals surface area (Å²) < 4.78 is 0. The number of likely N-dealkylation sites (tertiary alicyclic amines) is 1. The van der Waals surface area contributed by atoms with E-state index >= 15 is 0 Å². The van der Waals surface area contributed by atoms with Gasteiger partial charge in [-0.15, -0.1) is 0 Å². The third kappa shape index (κ3) is 8.49. The summed E-state index contributed by atoms with van der Waals surface area (Å²) in [5, 5.41) is 20.5. The molecule has 2 heterocycles. The summed E-state index contributed by atoms with van der Waals surface area (Å²) >= 11 is 0. The number of carbonyl (C=O) groups is 6. The predicted octanol–water partition coefficient (Wildman–Crippen LogP) is -4.69. The van der Waals surface area contributed by atoms with Crippen molar-refractivity contribution in [2.45, 2.75) is 70.2 Å². The number of hydrogen-bond acceptors (Lipinski definition) is 9. The van der Waals surface area contributed by atoms with E-state index in [0.29, 0.717) is 19.5 Å². The highest BCUT2D eigenvalue weighted by molar-refractivity contribution is 5.96. The van der Waals surface area contributed by atoms with E-state index in [1.165, 1.54) is 11.8 Å². The molecule has 2 saturated heterocycles. The van der Waals surface area contributed by atoms with Crippen molar-refractivity contribution in [2.24, 2.45) is 80.1 Å². The van der Waals surface area contributed by atoms with Crippen molar-refractivity contribution in [3.63, 3.8) is 0 Å². The lowest BCUT2D eigenvalue weighted by molar-refractivity contribution is -0.143. The highest BCUT2D eigenvalue weighted by Crippen LogP contribution is 2.57. The topological polar surface area (TPSA) is 329 Å². The number of rotatable bonds is 17. The zero-order valence-electron chi connectivity index (χ0n) is 28.0. The second-order valence-electron chi connectivity index (χ2n) is 13.7. The lowest BCUT2D eigenvalue weighted by atomic mass is 9.99. The molecular formula is C30H50N12O7. The summed E-state index contributed by atoms with van der Waals surface area (Å²) in [7, 11) is 0. The second kappa shape index (κ2) is 15.3. The molecule has 2 aliphatic carbocycles. The number of aliphatic carboxylic acids is 1. The molecule has 4 fully saturated rings. The van der Waals surface area contributed by atoms with Crippen LogP contribution in [-0.4, -0.2) is 114 Å². The number of primary amides is 1. The van der Waals surface area contributed by atoms with Gasteiger partial charge in [0, 0.05) is 26.1 Å². The van der Waals surface area contributed by atoms with Crippen molar-refractivity contribution in [1.82, 2.24) is 26.2 Å². The fourth-order valence-corrected chi connectivity index (χ4v) is 7.47. The SMILES string of the molecule is CC[C@H](C)[C@H](NC(=O)[C@H](C)NC(=O)[C@H](CCC(N)=O)NC(=O)[C@@H]1[C@H]2[C@H](CN=C(N)N)[C@H]2CN1C(=O)[C@H]1NC[C@@H]2[C@@H](CN=C(N)N)[C@@H]21)C(=O)O. The predicted molar refractivity (Wildman–Crippen MR) is 177 cm³/mol.